The highest BCUT2D eigenvalue weighted by molar-refractivity contribution is 6.09. The second kappa shape index (κ2) is 13.5. The van der Waals surface area contributed by atoms with Gasteiger partial charge in [0.1, 0.15) is 0 Å². The second-order valence-corrected chi connectivity index (χ2v) is 13.7. The zero-order valence-corrected chi connectivity index (χ0v) is 30.2. The van der Waals surface area contributed by atoms with Crippen LogP contribution in [0.15, 0.2) is 183 Å². The molecule has 0 radical (unpaired) electrons. The molecule has 0 amide bonds. The Labute approximate surface area is 323 Å². The Balaban J connectivity index is 1.31. The highest BCUT2D eigenvalue weighted by Gasteiger charge is 2.27. The Morgan fingerprint density at radius 3 is 0.911 bits per heavy atom. The molecule has 4 N–H and O–H groups in total. The summed E-state index contributed by atoms with van der Waals surface area (Å²) in [5, 5.41) is 1.86. The Hall–Kier alpha value is -7.84. The van der Waals surface area contributed by atoms with Gasteiger partial charge in [-0.1, -0.05) is 36.4 Å². The zero-order chi connectivity index (χ0) is 37.6. The summed E-state index contributed by atoms with van der Waals surface area (Å²) >= 11 is 0. The zero-order valence-electron chi connectivity index (χ0n) is 30.2. The minimum Gasteiger partial charge on any atom is -0.396 e. The van der Waals surface area contributed by atoms with Crippen LogP contribution < -0.4 is 11.5 Å². The van der Waals surface area contributed by atoms with Crippen molar-refractivity contribution in [3.63, 3.8) is 0 Å². The lowest BCUT2D eigenvalue weighted by atomic mass is 9.98. The average Bonchev–Trinajstić information content (AvgIpc) is 3.74. The lowest BCUT2D eigenvalue weighted by Gasteiger charge is -2.19. The summed E-state index contributed by atoms with van der Waals surface area (Å²) in [5.74, 6) is 0. The first kappa shape index (κ1) is 32.8. The summed E-state index contributed by atoms with van der Waals surface area (Å²) in [7, 11) is 0. The fourth-order valence-corrected chi connectivity index (χ4v) is 7.86. The lowest BCUT2D eigenvalue weighted by Crippen LogP contribution is -2.06. The van der Waals surface area contributed by atoms with Crippen LogP contribution in [0.3, 0.4) is 0 Å². The maximum atomic E-state index is 7.37. The van der Waals surface area contributed by atoms with Gasteiger partial charge in [-0.2, -0.15) is 0 Å². The van der Waals surface area contributed by atoms with Crippen LogP contribution >= 0.6 is 0 Å². The average molecular weight is 723 g/mol. The molecule has 10 aromatic rings. The van der Waals surface area contributed by atoms with E-state index in [1.54, 1.807) is 0 Å². The number of fused-ring (bicyclic) bond motifs is 2. The largest absolute Gasteiger partial charge is 0.396 e. The quantitative estimate of drug-likeness (QED) is 0.169. The van der Waals surface area contributed by atoms with Crippen molar-refractivity contribution in [2.24, 2.45) is 0 Å². The Bertz CT molecular complexity index is 2700. The molecule has 10 rings (SSSR count). The van der Waals surface area contributed by atoms with Gasteiger partial charge in [0.15, 0.2) is 0 Å². The number of anilines is 2. The van der Waals surface area contributed by atoms with Crippen molar-refractivity contribution >= 4 is 33.2 Å². The molecule has 0 aliphatic carbocycles. The fraction of sp³-hybridized carbons (Fsp3) is 0. The molecule has 6 heterocycles. The van der Waals surface area contributed by atoms with Gasteiger partial charge in [0, 0.05) is 71.7 Å². The number of nitrogens with zero attached hydrogens (tertiary/aromatic N) is 6. The first-order chi connectivity index (χ1) is 27.6. The third kappa shape index (κ3) is 5.56. The SMILES string of the molecule is Nc1c(-c2c(N)c3ccccc3n2-c2cc(-c3ccncc3)cc(-c3ccncc3)c2)n(-c2cc(-c3ccncc3)cc(-c3ccncc3)c2)c2ccccc12. The fourth-order valence-electron chi connectivity index (χ4n) is 7.86. The van der Waals surface area contributed by atoms with E-state index >= 15 is 0 Å². The van der Waals surface area contributed by atoms with Gasteiger partial charge in [-0.3, -0.25) is 19.9 Å². The Morgan fingerprint density at radius 2 is 0.607 bits per heavy atom. The molecule has 0 bridgehead atoms. The highest BCUT2D eigenvalue weighted by atomic mass is 15.1. The monoisotopic (exact) mass is 722 g/mol. The molecule has 0 spiro atoms. The van der Waals surface area contributed by atoms with E-state index in [0.29, 0.717) is 11.4 Å². The molecule has 8 nitrogen and oxygen atoms in total. The molecule has 0 unspecified atom stereocenters. The number of pyridine rings is 4. The number of nitrogen functional groups attached to an aromatic ring is 2. The van der Waals surface area contributed by atoms with Crippen molar-refractivity contribution < 1.29 is 0 Å². The minimum atomic E-state index is 0.635. The Morgan fingerprint density at radius 1 is 0.321 bits per heavy atom. The van der Waals surface area contributed by atoms with E-state index in [2.05, 4.69) is 102 Å². The maximum Gasteiger partial charge on any atom is 0.0964 e. The summed E-state index contributed by atoms with van der Waals surface area (Å²) in [6.45, 7) is 0. The van der Waals surface area contributed by atoms with Gasteiger partial charge in [0.25, 0.3) is 0 Å². The van der Waals surface area contributed by atoms with E-state index in [0.717, 1.165) is 89.1 Å². The number of aromatic nitrogens is 6. The molecule has 0 aliphatic heterocycles. The number of rotatable bonds is 7. The molecular weight excluding hydrogens is 689 g/mol. The van der Waals surface area contributed by atoms with Crippen LogP contribution in [-0.2, 0) is 0 Å². The van der Waals surface area contributed by atoms with Crippen LogP contribution in [0.2, 0.25) is 0 Å². The summed E-state index contributed by atoms with van der Waals surface area (Å²) in [6, 6.07) is 46.1. The summed E-state index contributed by atoms with van der Waals surface area (Å²) < 4.78 is 4.52. The van der Waals surface area contributed by atoms with E-state index in [1.807, 2.05) is 110 Å². The molecule has 266 valence electrons. The molecule has 0 saturated carbocycles. The van der Waals surface area contributed by atoms with Gasteiger partial charge in [0.2, 0.25) is 0 Å². The minimum absolute atomic E-state index is 0.635. The standard InChI is InChI=1S/C48H34N8/c49-45-41-5-1-3-7-43(41)55(39-27-35(31-9-17-51-18-10-31)25-36(28-39)32-11-19-52-20-12-32)47(45)48-46(50)42-6-2-4-8-44(42)56(48)40-29-37(33-13-21-53-22-14-33)26-38(30-40)34-15-23-54-24-16-34/h1-30H,49-50H2. The van der Waals surface area contributed by atoms with Crippen molar-refractivity contribution in [3.8, 4) is 67.3 Å². The third-order valence-corrected chi connectivity index (χ3v) is 10.5. The van der Waals surface area contributed by atoms with E-state index in [9.17, 15) is 0 Å². The number of nitrogens with two attached hydrogens (primary N) is 2. The van der Waals surface area contributed by atoms with E-state index in [-0.39, 0.29) is 0 Å². The van der Waals surface area contributed by atoms with Gasteiger partial charge in [-0.15, -0.1) is 0 Å². The number of hydrogen-bond donors (Lipinski definition) is 2. The smallest absolute Gasteiger partial charge is 0.0964 e. The molecule has 0 saturated heterocycles. The molecule has 4 aromatic carbocycles. The molecule has 0 fully saturated rings. The molecule has 56 heavy (non-hydrogen) atoms. The van der Waals surface area contributed by atoms with Crippen LogP contribution in [0.1, 0.15) is 0 Å². The molecule has 0 atom stereocenters. The normalized spacial score (nSPS) is 11.4. The highest BCUT2D eigenvalue weighted by Crippen LogP contribution is 2.47. The summed E-state index contributed by atoms with van der Waals surface area (Å²) in [4.78, 5) is 17.2. The predicted octanol–water partition coefficient (Wildman–Crippen LogP) is 10.7. The predicted molar refractivity (Wildman–Crippen MR) is 227 cm³/mol. The topological polar surface area (TPSA) is 113 Å². The first-order valence-corrected chi connectivity index (χ1v) is 18.3. The van der Waals surface area contributed by atoms with E-state index in [4.69, 9.17) is 11.5 Å². The Kier molecular flexibility index (Phi) is 7.92. The van der Waals surface area contributed by atoms with Crippen LogP contribution in [0.25, 0.3) is 89.1 Å². The van der Waals surface area contributed by atoms with Crippen molar-refractivity contribution in [1.29, 1.82) is 0 Å². The molecular formula is C48H34N8. The van der Waals surface area contributed by atoms with Gasteiger partial charge in [-0.05, 0) is 142 Å². The molecule has 6 aromatic heterocycles. The van der Waals surface area contributed by atoms with Crippen molar-refractivity contribution in [3.05, 3.63) is 183 Å². The second-order valence-electron chi connectivity index (χ2n) is 13.7. The van der Waals surface area contributed by atoms with Crippen molar-refractivity contribution in [2.45, 2.75) is 0 Å². The molecule has 0 aliphatic rings. The maximum absolute atomic E-state index is 7.37. The van der Waals surface area contributed by atoms with Gasteiger partial charge >= 0.3 is 0 Å². The third-order valence-electron chi connectivity index (χ3n) is 10.5. The van der Waals surface area contributed by atoms with Gasteiger partial charge < -0.3 is 20.6 Å². The first-order valence-electron chi connectivity index (χ1n) is 18.3. The number of para-hydroxylation sites is 2. The van der Waals surface area contributed by atoms with Crippen LogP contribution in [-0.4, -0.2) is 29.1 Å². The summed E-state index contributed by atoms with van der Waals surface area (Å²) in [6.07, 6.45) is 14.6. The van der Waals surface area contributed by atoms with Crippen LogP contribution in [0.5, 0.6) is 0 Å². The van der Waals surface area contributed by atoms with Crippen LogP contribution in [0.4, 0.5) is 11.4 Å². The van der Waals surface area contributed by atoms with Crippen LogP contribution in [0, 0.1) is 0 Å². The number of benzene rings is 4. The lowest BCUT2D eigenvalue weighted by molar-refractivity contribution is 1.07. The molecule has 8 heteroatoms. The van der Waals surface area contributed by atoms with Crippen molar-refractivity contribution in [2.75, 3.05) is 11.5 Å². The summed E-state index contributed by atoms with van der Waals surface area (Å²) in [5.41, 5.74) is 29.8. The van der Waals surface area contributed by atoms with Crippen molar-refractivity contribution in [1.82, 2.24) is 29.1 Å². The number of hydrogen-bond acceptors (Lipinski definition) is 6. The van der Waals surface area contributed by atoms with Gasteiger partial charge in [0.05, 0.1) is 33.8 Å². The van der Waals surface area contributed by atoms with E-state index in [1.165, 1.54) is 0 Å². The van der Waals surface area contributed by atoms with E-state index < -0.39 is 0 Å². The van der Waals surface area contributed by atoms with Gasteiger partial charge in [-0.25, -0.2) is 0 Å².